The monoisotopic (exact) mass is 377 g/mol. The molecule has 0 unspecified atom stereocenters. The zero-order valence-electron chi connectivity index (χ0n) is 13.3. The molecule has 2 rings (SSSR count). The fourth-order valence-corrected chi connectivity index (χ4v) is 4.54. The Hall–Kier alpha value is -1.20. The van der Waals surface area contributed by atoms with Crippen molar-refractivity contribution in [1.82, 2.24) is 9.44 Å². The average Bonchev–Trinajstić information content (AvgIpc) is 2.53. The molecule has 0 atom stereocenters. The highest BCUT2D eigenvalue weighted by Gasteiger charge is 2.21. The number of rotatable bonds is 8. The Bertz CT molecular complexity index is 726. The van der Waals surface area contributed by atoms with Crippen LogP contribution in [-0.4, -0.2) is 36.0 Å². The molecule has 4 N–H and O–H groups in total. The first-order chi connectivity index (χ1) is 11.3. The molecule has 136 valence electrons. The van der Waals surface area contributed by atoms with Crippen LogP contribution in [-0.2, 0) is 24.5 Å². The van der Waals surface area contributed by atoms with Crippen molar-refractivity contribution < 1.29 is 21.0 Å². The van der Waals surface area contributed by atoms with E-state index in [1.165, 1.54) is 24.3 Å². The van der Waals surface area contributed by atoms with E-state index in [1.807, 2.05) is 0 Å². The van der Waals surface area contributed by atoms with Crippen molar-refractivity contribution in [1.29, 1.82) is 0 Å². The molecule has 1 aromatic rings. The van der Waals surface area contributed by atoms with Gasteiger partial charge in [-0.05, 0) is 37.1 Å². The van der Waals surface area contributed by atoms with Gasteiger partial charge in [0, 0.05) is 18.3 Å². The number of benzene rings is 1. The van der Waals surface area contributed by atoms with Gasteiger partial charge in [-0.25, -0.2) is 13.1 Å². The minimum Gasteiger partial charge on any atom is -0.399 e. The van der Waals surface area contributed by atoms with Crippen molar-refractivity contribution in [2.45, 2.75) is 43.0 Å². The summed E-state index contributed by atoms with van der Waals surface area (Å²) < 4.78 is 57.2. The molecular formula is C14H23N3O5S2. The van der Waals surface area contributed by atoms with Gasteiger partial charge in [0.1, 0.15) is 0 Å². The number of nitrogens with two attached hydrogens (primary N) is 1. The Labute approximate surface area is 143 Å². The van der Waals surface area contributed by atoms with E-state index in [4.69, 9.17) is 9.92 Å². The normalized spacial score (nSPS) is 17.0. The smallest absolute Gasteiger partial charge is 0.336 e. The maximum absolute atomic E-state index is 12.0. The number of sulfonamides is 1. The highest BCUT2D eigenvalue weighted by Crippen LogP contribution is 2.18. The molecule has 0 saturated heterocycles. The van der Waals surface area contributed by atoms with Gasteiger partial charge in [0.05, 0.1) is 11.5 Å². The molecule has 1 aliphatic carbocycles. The summed E-state index contributed by atoms with van der Waals surface area (Å²) in [7, 11) is -7.59. The number of anilines is 1. The minimum atomic E-state index is -3.87. The Balaban J connectivity index is 1.77. The first-order valence-electron chi connectivity index (χ1n) is 7.80. The van der Waals surface area contributed by atoms with Gasteiger partial charge < -0.3 is 5.73 Å². The summed E-state index contributed by atoms with van der Waals surface area (Å²) in [6.07, 6.45) is 4.70. The standard InChI is InChI=1S/C14H23N3O5S2/c15-12-6-8-14(9-7-12)23(18,19)16-10-11-22-24(20,21)17-13-4-2-1-3-5-13/h6-9,13,16-17H,1-5,10-11,15H2. The second kappa shape index (κ2) is 8.26. The summed E-state index contributed by atoms with van der Waals surface area (Å²) in [6, 6.07) is 5.60. The van der Waals surface area contributed by atoms with E-state index >= 15 is 0 Å². The van der Waals surface area contributed by atoms with E-state index in [-0.39, 0.29) is 24.1 Å². The molecule has 1 aliphatic rings. The second-order valence-electron chi connectivity index (χ2n) is 5.70. The Morgan fingerprint density at radius 3 is 2.29 bits per heavy atom. The highest BCUT2D eigenvalue weighted by atomic mass is 32.2. The maximum Gasteiger partial charge on any atom is 0.336 e. The number of nitrogen functional groups attached to an aromatic ring is 1. The van der Waals surface area contributed by atoms with Crippen LogP contribution in [0.5, 0.6) is 0 Å². The average molecular weight is 377 g/mol. The third kappa shape index (κ3) is 6.02. The molecule has 8 nitrogen and oxygen atoms in total. The van der Waals surface area contributed by atoms with Gasteiger partial charge in [0.25, 0.3) is 0 Å². The third-order valence-corrected chi connectivity index (χ3v) is 6.32. The van der Waals surface area contributed by atoms with Gasteiger partial charge in [0.15, 0.2) is 0 Å². The molecule has 10 heteroatoms. The Kier molecular flexibility index (Phi) is 6.58. The number of hydrogen-bond acceptors (Lipinski definition) is 6. The second-order valence-corrected chi connectivity index (χ2v) is 8.84. The number of nitrogens with one attached hydrogen (secondary N) is 2. The van der Waals surface area contributed by atoms with Crippen molar-refractivity contribution in [3.63, 3.8) is 0 Å². The summed E-state index contributed by atoms with van der Waals surface area (Å²) in [5.41, 5.74) is 5.96. The van der Waals surface area contributed by atoms with Crippen molar-refractivity contribution in [2.24, 2.45) is 0 Å². The van der Waals surface area contributed by atoms with Crippen LogP contribution < -0.4 is 15.2 Å². The lowest BCUT2D eigenvalue weighted by Crippen LogP contribution is -2.38. The first kappa shape index (κ1) is 19.1. The lowest BCUT2D eigenvalue weighted by atomic mass is 9.96. The van der Waals surface area contributed by atoms with E-state index in [9.17, 15) is 16.8 Å². The van der Waals surface area contributed by atoms with Crippen molar-refractivity contribution in [2.75, 3.05) is 18.9 Å². The minimum absolute atomic E-state index is 0.0555. The van der Waals surface area contributed by atoms with Crippen LogP contribution in [0.3, 0.4) is 0 Å². The topological polar surface area (TPSA) is 128 Å². The SMILES string of the molecule is Nc1ccc(S(=O)(=O)NCCOS(=O)(=O)NC2CCCCC2)cc1. The van der Waals surface area contributed by atoms with Gasteiger partial charge in [-0.3, -0.25) is 4.18 Å². The predicted molar refractivity (Wildman–Crippen MR) is 90.9 cm³/mol. The lowest BCUT2D eigenvalue weighted by molar-refractivity contribution is 0.303. The third-order valence-electron chi connectivity index (χ3n) is 3.74. The van der Waals surface area contributed by atoms with Crippen LogP contribution in [0, 0.1) is 0 Å². The molecule has 0 bridgehead atoms. The van der Waals surface area contributed by atoms with Crippen molar-refractivity contribution >= 4 is 26.0 Å². The summed E-state index contributed by atoms with van der Waals surface area (Å²) in [4.78, 5) is 0.0555. The highest BCUT2D eigenvalue weighted by molar-refractivity contribution is 7.89. The van der Waals surface area contributed by atoms with Crippen molar-refractivity contribution in [3.8, 4) is 0 Å². The summed E-state index contributed by atoms with van der Waals surface area (Å²) in [6.45, 7) is -0.436. The van der Waals surface area contributed by atoms with Crippen molar-refractivity contribution in [3.05, 3.63) is 24.3 Å². The van der Waals surface area contributed by atoms with E-state index in [2.05, 4.69) is 9.44 Å². The van der Waals surface area contributed by atoms with Gasteiger partial charge in [-0.1, -0.05) is 19.3 Å². The van der Waals surface area contributed by atoms with E-state index < -0.39 is 20.3 Å². The molecular weight excluding hydrogens is 354 g/mol. The molecule has 0 heterocycles. The number of hydrogen-bond donors (Lipinski definition) is 3. The Morgan fingerprint density at radius 2 is 1.67 bits per heavy atom. The molecule has 1 saturated carbocycles. The molecule has 1 aromatic carbocycles. The largest absolute Gasteiger partial charge is 0.399 e. The zero-order chi connectivity index (χ0) is 17.6. The van der Waals surface area contributed by atoms with E-state index in [1.54, 1.807) is 0 Å². The summed E-state index contributed by atoms with van der Waals surface area (Å²) >= 11 is 0. The van der Waals surface area contributed by atoms with Gasteiger partial charge >= 0.3 is 10.3 Å². The predicted octanol–water partition coefficient (Wildman–Crippen LogP) is 0.731. The molecule has 24 heavy (non-hydrogen) atoms. The van der Waals surface area contributed by atoms with Crippen LogP contribution in [0.15, 0.2) is 29.2 Å². The zero-order valence-corrected chi connectivity index (χ0v) is 14.9. The molecule has 0 aromatic heterocycles. The lowest BCUT2D eigenvalue weighted by Gasteiger charge is -2.22. The summed E-state index contributed by atoms with van der Waals surface area (Å²) in [5, 5.41) is 0. The molecule has 0 aliphatic heterocycles. The van der Waals surface area contributed by atoms with E-state index in [0.29, 0.717) is 5.69 Å². The van der Waals surface area contributed by atoms with Gasteiger partial charge in [-0.15, -0.1) is 0 Å². The van der Waals surface area contributed by atoms with Crippen LogP contribution in [0.2, 0.25) is 0 Å². The molecule has 0 radical (unpaired) electrons. The Morgan fingerprint density at radius 1 is 1.04 bits per heavy atom. The maximum atomic E-state index is 12.0. The van der Waals surface area contributed by atoms with Crippen LogP contribution in [0.4, 0.5) is 5.69 Å². The molecule has 1 fully saturated rings. The van der Waals surface area contributed by atoms with Crippen LogP contribution in [0.1, 0.15) is 32.1 Å². The fraction of sp³-hybridized carbons (Fsp3) is 0.571. The quantitative estimate of drug-likeness (QED) is 0.453. The molecule has 0 spiro atoms. The van der Waals surface area contributed by atoms with Gasteiger partial charge in [0.2, 0.25) is 10.0 Å². The van der Waals surface area contributed by atoms with Crippen LogP contribution in [0.25, 0.3) is 0 Å². The van der Waals surface area contributed by atoms with Gasteiger partial charge in [-0.2, -0.15) is 13.1 Å². The van der Waals surface area contributed by atoms with E-state index in [0.717, 1.165) is 32.1 Å². The summed E-state index contributed by atoms with van der Waals surface area (Å²) in [5.74, 6) is 0. The first-order valence-corrected chi connectivity index (χ1v) is 10.7. The fourth-order valence-electron chi connectivity index (χ4n) is 2.52. The van der Waals surface area contributed by atoms with Crippen LogP contribution >= 0.6 is 0 Å². The molecule has 0 amide bonds.